The predicted molar refractivity (Wildman–Crippen MR) is 132 cm³/mol. The van der Waals surface area contributed by atoms with E-state index in [9.17, 15) is 19.5 Å². The van der Waals surface area contributed by atoms with Gasteiger partial charge in [-0.05, 0) is 48.5 Å². The van der Waals surface area contributed by atoms with Crippen molar-refractivity contribution in [3.63, 3.8) is 0 Å². The summed E-state index contributed by atoms with van der Waals surface area (Å²) in [4.78, 5) is 39.4. The standard InChI is InChI=1S/C24H16Cl2N2O4S/c1-28(15-9-7-14(25)8-10-15)23(30)13-6-11-16(24(31)32)18(12-13)27-22(29)21-20(26)17-4-2-3-5-19(17)33-21/h2-12H,1H3,(H,27,29)(H,31,32). The number of amides is 2. The van der Waals surface area contributed by atoms with Crippen LogP contribution in [0.1, 0.15) is 30.4 Å². The number of thiophene rings is 1. The van der Waals surface area contributed by atoms with E-state index in [2.05, 4.69) is 5.32 Å². The number of benzene rings is 3. The number of nitrogens with one attached hydrogen (secondary N) is 1. The number of nitrogens with zero attached hydrogens (tertiary/aromatic N) is 1. The highest BCUT2D eigenvalue weighted by Crippen LogP contribution is 2.36. The molecule has 0 unspecified atom stereocenters. The summed E-state index contributed by atoms with van der Waals surface area (Å²) in [5.41, 5.74) is 0.659. The molecule has 0 spiro atoms. The van der Waals surface area contributed by atoms with Crippen LogP contribution in [-0.4, -0.2) is 29.9 Å². The van der Waals surface area contributed by atoms with Crippen LogP contribution in [0, 0.1) is 0 Å². The first-order valence-corrected chi connectivity index (χ1v) is 11.2. The van der Waals surface area contributed by atoms with E-state index in [1.54, 1.807) is 37.4 Å². The molecular weight excluding hydrogens is 483 g/mol. The fraction of sp³-hybridized carbons (Fsp3) is 0.0417. The Bertz CT molecular complexity index is 1400. The fourth-order valence-corrected chi connectivity index (χ4v) is 4.82. The maximum absolute atomic E-state index is 13.0. The minimum atomic E-state index is -1.24. The zero-order chi connectivity index (χ0) is 23.7. The van der Waals surface area contributed by atoms with Crippen LogP contribution in [0.15, 0.2) is 66.7 Å². The molecular formula is C24H16Cl2N2O4S. The molecule has 0 aliphatic carbocycles. The first-order valence-electron chi connectivity index (χ1n) is 9.65. The summed E-state index contributed by atoms with van der Waals surface area (Å²) in [6, 6.07) is 18.0. The second-order valence-corrected chi connectivity index (χ2v) is 8.97. The highest BCUT2D eigenvalue weighted by atomic mass is 35.5. The van der Waals surface area contributed by atoms with E-state index in [0.717, 1.165) is 10.1 Å². The van der Waals surface area contributed by atoms with Crippen LogP contribution < -0.4 is 10.2 Å². The Balaban J connectivity index is 1.67. The van der Waals surface area contributed by atoms with E-state index in [-0.39, 0.29) is 27.6 Å². The number of carbonyl (C=O) groups excluding carboxylic acids is 2. The van der Waals surface area contributed by atoms with E-state index in [0.29, 0.717) is 15.7 Å². The van der Waals surface area contributed by atoms with Crippen LogP contribution in [-0.2, 0) is 0 Å². The first kappa shape index (κ1) is 22.8. The van der Waals surface area contributed by atoms with Crippen LogP contribution in [0.25, 0.3) is 10.1 Å². The largest absolute Gasteiger partial charge is 0.478 e. The van der Waals surface area contributed by atoms with Crippen molar-refractivity contribution in [2.24, 2.45) is 0 Å². The lowest BCUT2D eigenvalue weighted by Crippen LogP contribution is -2.26. The van der Waals surface area contributed by atoms with Crippen molar-refractivity contribution in [2.75, 3.05) is 17.3 Å². The van der Waals surface area contributed by atoms with Crippen LogP contribution in [0.2, 0.25) is 10.0 Å². The van der Waals surface area contributed by atoms with E-state index < -0.39 is 11.9 Å². The average molecular weight is 499 g/mol. The monoisotopic (exact) mass is 498 g/mol. The summed E-state index contributed by atoms with van der Waals surface area (Å²) in [5, 5.41) is 13.8. The molecule has 1 aromatic heterocycles. The molecule has 0 aliphatic rings. The lowest BCUT2D eigenvalue weighted by Gasteiger charge is -2.18. The van der Waals surface area contributed by atoms with Crippen LogP contribution in [0.5, 0.6) is 0 Å². The van der Waals surface area contributed by atoms with Crippen molar-refractivity contribution in [3.8, 4) is 0 Å². The lowest BCUT2D eigenvalue weighted by molar-refractivity contribution is 0.0697. The van der Waals surface area contributed by atoms with Gasteiger partial charge >= 0.3 is 5.97 Å². The molecule has 2 amide bonds. The fourth-order valence-electron chi connectivity index (χ4n) is 3.28. The molecule has 0 bridgehead atoms. The lowest BCUT2D eigenvalue weighted by atomic mass is 10.1. The number of anilines is 2. The van der Waals surface area contributed by atoms with Gasteiger partial charge < -0.3 is 15.3 Å². The van der Waals surface area contributed by atoms with Gasteiger partial charge in [-0.25, -0.2) is 4.79 Å². The summed E-state index contributed by atoms with van der Waals surface area (Å²) in [5.74, 6) is -2.18. The molecule has 0 fully saturated rings. The topological polar surface area (TPSA) is 86.7 Å². The van der Waals surface area contributed by atoms with E-state index >= 15 is 0 Å². The Morgan fingerprint density at radius 1 is 0.970 bits per heavy atom. The Morgan fingerprint density at radius 2 is 1.67 bits per heavy atom. The normalized spacial score (nSPS) is 10.8. The van der Waals surface area contributed by atoms with Crippen molar-refractivity contribution in [1.29, 1.82) is 0 Å². The van der Waals surface area contributed by atoms with Crippen LogP contribution in [0.3, 0.4) is 0 Å². The van der Waals surface area contributed by atoms with Gasteiger partial charge in [0.25, 0.3) is 11.8 Å². The molecule has 2 N–H and O–H groups in total. The molecule has 3 aromatic carbocycles. The SMILES string of the molecule is CN(C(=O)c1ccc(C(=O)O)c(NC(=O)c2sc3ccccc3c2Cl)c1)c1ccc(Cl)cc1. The maximum atomic E-state index is 13.0. The van der Waals surface area contributed by atoms with Crippen LogP contribution >= 0.6 is 34.5 Å². The number of hydrogen-bond donors (Lipinski definition) is 2. The van der Waals surface area contributed by atoms with Gasteiger partial charge in [0.1, 0.15) is 4.88 Å². The zero-order valence-corrected chi connectivity index (χ0v) is 19.5. The summed E-state index contributed by atoms with van der Waals surface area (Å²) < 4.78 is 0.833. The zero-order valence-electron chi connectivity index (χ0n) is 17.1. The quantitative estimate of drug-likeness (QED) is 0.331. The Labute approximate surface area is 203 Å². The molecule has 0 atom stereocenters. The Morgan fingerprint density at radius 3 is 2.33 bits per heavy atom. The predicted octanol–water partition coefficient (Wildman–Crippen LogP) is 6.44. The minimum absolute atomic E-state index is 0.00335. The summed E-state index contributed by atoms with van der Waals surface area (Å²) in [6.45, 7) is 0. The van der Waals surface area contributed by atoms with Gasteiger partial charge in [0.15, 0.2) is 0 Å². The Kier molecular flexibility index (Phi) is 6.37. The molecule has 4 rings (SSSR count). The third kappa shape index (κ3) is 4.57. The third-order valence-electron chi connectivity index (χ3n) is 5.00. The highest BCUT2D eigenvalue weighted by Gasteiger charge is 2.22. The molecule has 1 heterocycles. The number of aromatic carboxylic acids is 1. The molecule has 0 saturated carbocycles. The smallest absolute Gasteiger partial charge is 0.337 e. The summed E-state index contributed by atoms with van der Waals surface area (Å²) in [7, 11) is 1.59. The van der Waals surface area contributed by atoms with Gasteiger partial charge in [0.2, 0.25) is 0 Å². The average Bonchev–Trinajstić information content (AvgIpc) is 3.15. The first-order chi connectivity index (χ1) is 15.8. The van der Waals surface area contributed by atoms with Crippen molar-refractivity contribution in [3.05, 3.63) is 92.8 Å². The number of halogens is 2. The van der Waals surface area contributed by atoms with Gasteiger partial charge in [-0.3, -0.25) is 9.59 Å². The number of carbonyl (C=O) groups is 3. The number of fused-ring (bicyclic) bond motifs is 1. The molecule has 0 radical (unpaired) electrons. The molecule has 9 heteroatoms. The summed E-state index contributed by atoms with van der Waals surface area (Å²) >= 11 is 13.5. The second kappa shape index (κ2) is 9.23. The number of hydrogen-bond acceptors (Lipinski definition) is 4. The van der Waals surface area contributed by atoms with Crippen molar-refractivity contribution < 1.29 is 19.5 Å². The van der Waals surface area contributed by atoms with E-state index in [1.165, 1.54) is 34.4 Å². The number of rotatable bonds is 5. The third-order valence-corrected chi connectivity index (χ3v) is 6.93. The van der Waals surface area contributed by atoms with Gasteiger partial charge in [0, 0.05) is 33.4 Å². The van der Waals surface area contributed by atoms with Gasteiger partial charge in [0.05, 0.1) is 16.3 Å². The molecule has 4 aromatic rings. The van der Waals surface area contributed by atoms with Crippen LogP contribution in [0.4, 0.5) is 11.4 Å². The number of carboxylic acids is 1. The molecule has 0 saturated heterocycles. The minimum Gasteiger partial charge on any atom is -0.478 e. The van der Waals surface area contributed by atoms with Crippen molar-refractivity contribution >= 4 is 73.8 Å². The van der Waals surface area contributed by atoms with E-state index in [1.807, 2.05) is 18.2 Å². The highest BCUT2D eigenvalue weighted by molar-refractivity contribution is 7.21. The molecule has 166 valence electrons. The molecule has 33 heavy (non-hydrogen) atoms. The van der Waals surface area contributed by atoms with Gasteiger partial charge in [-0.1, -0.05) is 41.4 Å². The van der Waals surface area contributed by atoms with E-state index in [4.69, 9.17) is 23.2 Å². The van der Waals surface area contributed by atoms with Gasteiger partial charge in [-0.15, -0.1) is 11.3 Å². The summed E-state index contributed by atoms with van der Waals surface area (Å²) in [6.07, 6.45) is 0. The van der Waals surface area contributed by atoms with Crippen molar-refractivity contribution in [1.82, 2.24) is 0 Å². The van der Waals surface area contributed by atoms with Crippen molar-refractivity contribution in [2.45, 2.75) is 0 Å². The van der Waals surface area contributed by atoms with Gasteiger partial charge in [-0.2, -0.15) is 0 Å². The molecule has 0 aliphatic heterocycles. The maximum Gasteiger partial charge on any atom is 0.337 e. The Hall–Kier alpha value is -3.39. The number of carboxylic acid groups (broad SMARTS) is 1. The second-order valence-electron chi connectivity index (χ2n) is 7.10. The molecule has 6 nitrogen and oxygen atoms in total.